The summed E-state index contributed by atoms with van der Waals surface area (Å²) in [5.41, 5.74) is 0.847. The Kier molecular flexibility index (Phi) is 4.25. The standard InChI is InChI=1S/C17H20ClN3O3S/c1-11-6-13-8-14(9-15(18)17(13)24-11)25(22,23)20-10-12-2-4-21-5-3-19-16(21)7-12/h3,5,8-9,11-12,20H,2,4,6-7,10H2,1H3/t11-,12-/m0/s1. The van der Waals surface area contributed by atoms with Crippen molar-refractivity contribution in [2.24, 2.45) is 5.92 Å². The van der Waals surface area contributed by atoms with E-state index in [2.05, 4.69) is 14.3 Å². The highest BCUT2D eigenvalue weighted by Crippen LogP contribution is 2.38. The highest BCUT2D eigenvalue weighted by atomic mass is 35.5. The van der Waals surface area contributed by atoms with Crippen LogP contribution >= 0.6 is 11.6 Å². The average molecular weight is 382 g/mol. The zero-order chi connectivity index (χ0) is 17.6. The predicted octanol–water partition coefficient (Wildman–Crippen LogP) is 2.40. The quantitative estimate of drug-likeness (QED) is 0.882. The molecule has 4 rings (SSSR count). The molecule has 0 fully saturated rings. The maximum absolute atomic E-state index is 12.7. The molecular formula is C17H20ClN3O3S. The predicted molar refractivity (Wildman–Crippen MR) is 94.5 cm³/mol. The number of sulfonamides is 1. The van der Waals surface area contributed by atoms with Gasteiger partial charge in [0.05, 0.1) is 9.92 Å². The molecule has 1 aromatic carbocycles. The van der Waals surface area contributed by atoms with E-state index in [1.54, 1.807) is 12.3 Å². The lowest BCUT2D eigenvalue weighted by Gasteiger charge is -2.23. The minimum Gasteiger partial charge on any atom is -0.489 e. The summed E-state index contributed by atoms with van der Waals surface area (Å²) in [6.07, 6.45) is 6.16. The monoisotopic (exact) mass is 381 g/mol. The largest absolute Gasteiger partial charge is 0.489 e. The first-order chi connectivity index (χ1) is 11.9. The van der Waals surface area contributed by atoms with Crippen molar-refractivity contribution in [1.82, 2.24) is 14.3 Å². The molecule has 1 N–H and O–H groups in total. The Labute approximate surface area is 152 Å². The second kappa shape index (κ2) is 6.30. The number of fused-ring (bicyclic) bond motifs is 2. The van der Waals surface area contributed by atoms with Gasteiger partial charge in [-0.25, -0.2) is 18.1 Å². The molecule has 0 radical (unpaired) electrons. The molecule has 134 valence electrons. The van der Waals surface area contributed by atoms with Crippen molar-refractivity contribution in [2.45, 2.75) is 43.7 Å². The van der Waals surface area contributed by atoms with Crippen LogP contribution in [0.4, 0.5) is 0 Å². The number of nitrogens with zero attached hydrogens (tertiary/aromatic N) is 2. The highest BCUT2D eigenvalue weighted by molar-refractivity contribution is 7.89. The van der Waals surface area contributed by atoms with Crippen LogP contribution in [0.3, 0.4) is 0 Å². The number of imidazole rings is 1. The van der Waals surface area contributed by atoms with E-state index in [4.69, 9.17) is 16.3 Å². The van der Waals surface area contributed by atoms with E-state index in [0.29, 0.717) is 23.7 Å². The van der Waals surface area contributed by atoms with E-state index in [-0.39, 0.29) is 16.9 Å². The van der Waals surface area contributed by atoms with Crippen LogP contribution < -0.4 is 9.46 Å². The van der Waals surface area contributed by atoms with Gasteiger partial charge in [-0.05, 0) is 31.4 Å². The van der Waals surface area contributed by atoms with Crippen molar-refractivity contribution in [3.05, 3.63) is 40.9 Å². The molecule has 2 aliphatic rings. The van der Waals surface area contributed by atoms with Gasteiger partial charge in [-0.1, -0.05) is 11.6 Å². The number of benzene rings is 1. The van der Waals surface area contributed by atoms with Crippen molar-refractivity contribution in [3.8, 4) is 5.75 Å². The summed E-state index contributed by atoms with van der Waals surface area (Å²) >= 11 is 6.21. The molecule has 0 spiro atoms. The second-order valence-electron chi connectivity index (χ2n) is 6.77. The first-order valence-electron chi connectivity index (χ1n) is 8.41. The summed E-state index contributed by atoms with van der Waals surface area (Å²) in [6.45, 7) is 3.22. The van der Waals surface area contributed by atoms with Gasteiger partial charge in [0.15, 0.2) is 0 Å². The maximum atomic E-state index is 12.7. The van der Waals surface area contributed by atoms with E-state index in [1.165, 1.54) is 6.07 Å². The third-order valence-corrected chi connectivity index (χ3v) is 6.53. The summed E-state index contributed by atoms with van der Waals surface area (Å²) in [4.78, 5) is 4.52. The third-order valence-electron chi connectivity index (χ3n) is 4.84. The van der Waals surface area contributed by atoms with Gasteiger partial charge in [0.1, 0.15) is 17.7 Å². The molecule has 0 saturated carbocycles. The first kappa shape index (κ1) is 16.9. The van der Waals surface area contributed by atoms with Crippen molar-refractivity contribution in [2.75, 3.05) is 6.54 Å². The minimum atomic E-state index is -3.60. The summed E-state index contributed by atoms with van der Waals surface area (Å²) < 4.78 is 35.8. The van der Waals surface area contributed by atoms with Crippen LogP contribution in [0.2, 0.25) is 5.02 Å². The van der Waals surface area contributed by atoms with Gasteiger partial charge in [-0.3, -0.25) is 0 Å². The normalized spacial score (nSPS) is 22.3. The third kappa shape index (κ3) is 3.28. The Bertz CT molecular complexity index is 910. The fourth-order valence-corrected chi connectivity index (χ4v) is 5.06. The molecule has 2 atom stereocenters. The number of hydrogen-bond donors (Lipinski definition) is 1. The van der Waals surface area contributed by atoms with E-state index in [1.807, 2.05) is 13.1 Å². The Morgan fingerprint density at radius 1 is 1.40 bits per heavy atom. The molecule has 0 saturated heterocycles. The van der Waals surface area contributed by atoms with E-state index < -0.39 is 10.0 Å². The number of aryl methyl sites for hydroxylation is 1. The van der Waals surface area contributed by atoms with Gasteiger partial charge in [0.25, 0.3) is 0 Å². The molecule has 0 amide bonds. The van der Waals surface area contributed by atoms with Gasteiger partial charge in [-0.2, -0.15) is 0 Å². The van der Waals surface area contributed by atoms with Crippen LogP contribution in [0, 0.1) is 5.92 Å². The molecule has 1 aromatic heterocycles. The van der Waals surface area contributed by atoms with Crippen LogP contribution in [0.25, 0.3) is 0 Å². The summed E-state index contributed by atoms with van der Waals surface area (Å²) in [5, 5.41) is 0.349. The molecule has 2 aliphatic heterocycles. The van der Waals surface area contributed by atoms with Crippen molar-refractivity contribution in [3.63, 3.8) is 0 Å². The van der Waals surface area contributed by atoms with Gasteiger partial charge in [-0.15, -0.1) is 0 Å². The second-order valence-corrected chi connectivity index (χ2v) is 8.95. The van der Waals surface area contributed by atoms with Crippen LogP contribution in [-0.2, 0) is 29.4 Å². The molecule has 25 heavy (non-hydrogen) atoms. The Balaban J connectivity index is 1.48. The smallest absolute Gasteiger partial charge is 0.240 e. The minimum absolute atomic E-state index is 0.0180. The molecule has 3 heterocycles. The number of halogens is 1. The van der Waals surface area contributed by atoms with Crippen LogP contribution in [-0.4, -0.2) is 30.6 Å². The summed E-state index contributed by atoms with van der Waals surface area (Å²) in [5.74, 6) is 1.87. The number of rotatable bonds is 4. The Hall–Kier alpha value is -1.57. The summed E-state index contributed by atoms with van der Waals surface area (Å²) in [7, 11) is -3.60. The van der Waals surface area contributed by atoms with Crippen LogP contribution in [0.15, 0.2) is 29.4 Å². The number of hydrogen-bond acceptors (Lipinski definition) is 4. The molecular weight excluding hydrogens is 362 g/mol. The molecule has 0 unspecified atom stereocenters. The van der Waals surface area contributed by atoms with E-state index >= 15 is 0 Å². The van der Waals surface area contributed by atoms with E-state index in [9.17, 15) is 8.42 Å². The number of ether oxygens (including phenoxy) is 1. The van der Waals surface area contributed by atoms with Gasteiger partial charge >= 0.3 is 0 Å². The zero-order valence-electron chi connectivity index (χ0n) is 13.9. The van der Waals surface area contributed by atoms with Crippen LogP contribution in [0.1, 0.15) is 24.7 Å². The summed E-state index contributed by atoms with van der Waals surface area (Å²) in [6, 6.07) is 3.13. The van der Waals surface area contributed by atoms with Gasteiger partial charge in [0, 0.05) is 43.9 Å². The van der Waals surface area contributed by atoms with Gasteiger partial charge in [0.2, 0.25) is 10.0 Å². The number of aromatic nitrogens is 2. The molecule has 8 heteroatoms. The van der Waals surface area contributed by atoms with Crippen molar-refractivity contribution in [1.29, 1.82) is 0 Å². The topological polar surface area (TPSA) is 73.2 Å². The molecule has 6 nitrogen and oxygen atoms in total. The fraction of sp³-hybridized carbons (Fsp3) is 0.471. The lowest BCUT2D eigenvalue weighted by Crippen LogP contribution is -2.33. The first-order valence-corrected chi connectivity index (χ1v) is 10.3. The maximum Gasteiger partial charge on any atom is 0.240 e. The fourth-order valence-electron chi connectivity index (χ4n) is 3.51. The zero-order valence-corrected chi connectivity index (χ0v) is 15.5. The lowest BCUT2D eigenvalue weighted by atomic mass is 9.98. The SMILES string of the molecule is C[C@H]1Cc2cc(S(=O)(=O)NC[C@H]3CCn4ccnc4C3)cc(Cl)c2O1. The average Bonchev–Trinajstić information content (AvgIpc) is 3.18. The van der Waals surface area contributed by atoms with E-state index in [0.717, 1.165) is 30.8 Å². The highest BCUT2D eigenvalue weighted by Gasteiger charge is 2.27. The van der Waals surface area contributed by atoms with Crippen molar-refractivity contribution < 1.29 is 13.2 Å². The van der Waals surface area contributed by atoms with Gasteiger partial charge < -0.3 is 9.30 Å². The molecule has 2 aromatic rings. The molecule has 0 bridgehead atoms. The Morgan fingerprint density at radius 2 is 2.24 bits per heavy atom. The van der Waals surface area contributed by atoms with Crippen molar-refractivity contribution >= 4 is 21.6 Å². The number of nitrogens with one attached hydrogen (secondary N) is 1. The molecule has 0 aliphatic carbocycles. The van der Waals surface area contributed by atoms with Crippen LogP contribution in [0.5, 0.6) is 5.75 Å². The Morgan fingerprint density at radius 3 is 3.08 bits per heavy atom. The lowest BCUT2D eigenvalue weighted by molar-refractivity contribution is 0.255.